The number of nitrogens with zero attached hydrogens (tertiary/aromatic N) is 3. The van der Waals surface area contributed by atoms with E-state index in [9.17, 15) is 17.6 Å². The zero-order chi connectivity index (χ0) is 18.3. The van der Waals surface area contributed by atoms with Crippen molar-refractivity contribution in [3.8, 4) is 6.01 Å². The van der Waals surface area contributed by atoms with Gasteiger partial charge in [-0.05, 0) is 24.6 Å². The number of rotatable bonds is 4. The van der Waals surface area contributed by atoms with Crippen LogP contribution in [0.5, 0.6) is 6.01 Å². The predicted octanol–water partition coefficient (Wildman–Crippen LogP) is 0.892. The lowest BCUT2D eigenvalue weighted by Crippen LogP contribution is -2.31. The highest BCUT2D eigenvalue weighted by Gasteiger charge is 2.34. The van der Waals surface area contributed by atoms with E-state index >= 15 is 0 Å². The van der Waals surface area contributed by atoms with Crippen LogP contribution >= 0.6 is 0 Å². The molecule has 11 heteroatoms. The molecular formula is C15H13FN4O5S. The molecule has 0 unspecified atom stereocenters. The lowest BCUT2D eigenvalue weighted by atomic mass is 10.3. The van der Waals surface area contributed by atoms with E-state index < -0.39 is 27.7 Å². The van der Waals surface area contributed by atoms with Crippen LogP contribution < -0.4 is 10.5 Å². The summed E-state index contributed by atoms with van der Waals surface area (Å²) < 4.78 is 50.1. The summed E-state index contributed by atoms with van der Waals surface area (Å²) in [7, 11) is -3.76. The Labute approximate surface area is 146 Å². The summed E-state index contributed by atoms with van der Waals surface area (Å²) in [4.78, 5) is 21.1. The highest BCUT2D eigenvalue weighted by molar-refractivity contribution is 7.89. The fraction of sp³-hybridized carbons (Fsp3) is 0.267. The van der Waals surface area contributed by atoms with Crippen molar-refractivity contribution in [2.45, 2.75) is 17.4 Å². The van der Waals surface area contributed by atoms with Crippen molar-refractivity contribution in [1.29, 1.82) is 0 Å². The molecule has 136 valence electrons. The van der Waals surface area contributed by atoms with Gasteiger partial charge >= 0.3 is 11.8 Å². The quantitative estimate of drug-likeness (QED) is 0.714. The molecule has 1 saturated heterocycles. The molecule has 2 aromatic heterocycles. The van der Waals surface area contributed by atoms with Gasteiger partial charge in [-0.25, -0.2) is 27.6 Å². The third kappa shape index (κ3) is 3.06. The summed E-state index contributed by atoms with van der Waals surface area (Å²) in [5.41, 5.74) is 0.591. The Morgan fingerprint density at radius 2 is 2.08 bits per heavy atom. The smallest absolute Gasteiger partial charge is 0.417 e. The van der Waals surface area contributed by atoms with E-state index in [0.717, 1.165) is 12.4 Å². The molecule has 26 heavy (non-hydrogen) atoms. The van der Waals surface area contributed by atoms with E-state index in [1.807, 2.05) is 0 Å². The number of fused-ring (bicyclic) bond motifs is 1. The molecule has 0 radical (unpaired) electrons. The second kappa shape index (κ2) is 6.18. The topological polar surface area (TPSA) is 118 Å². The fourth-order valence-electron chi connectivity index (χ4n) is 2.76. The van der Waals surface area contributed by atoms with Crippen LogP contribution in [-0.4, -0.2) is 46.9 Å². The number of aromatic amines is 1. The first-order chi connectivity index (χ1) is 12.4. The molecule has 0 bridgehead atoms. The Hall–Kier alpha value is -2.79. The van der Waals surface area contributed by atoms with E-state index in [0.29, 0.717) is 11.9 Å². The fourth-order valence-corrected chi connectivity index (χ4v) is 4.28. The second-order valence-corrected chi connectivity index (χ2v) is 7.69. The Morgan fingerprint density at radius 1 is 1.31 bits per heavy atom. The van der Waals surface area contributed by atoms with E-state index in [-0.39, 0.29) is 29.6 Å². The molecule has 1 aliphatic rings. The maximum atomic E-state index is 12.8. The van der Waals surface area contributed by atoms with Crippen molar-refractivity contribution >= 4 is 21.1 Å². The molecule has 0 amide bonds. The zero-order valence-electron chi connectivity index (χ0n) is 13.3. The number of oxazole rings is 1. The summed E-state index contributed by atoms with van der Waals surface area (Å²) in [5.74, 6) is -1.23. The van der Waals surface area contributed by atoms with Crippen LogP contribution in [0.3, 0.4) is 0 Å². The van der Waals surface area contributed by atoms with Crippen LogP contribution in [0.25, 0.3) is 11.1 Å². The van der Waals surface area contributed by atoms with Gasteiger partial charge in [-0.2, -0.15) is 4.31 Å². The van der Waals surface area contributed by atoms with Crippen molar-refractivity contribution < 1.29 is 22.0 Å². The van der Waals surface area contributed by atoms with Crippen LogP contribution in [0.15, 0.2) is 44.7 Å². The first-order valence-corrected chi connectivity index (χ1v) is 9.13. The van der Waals surface area contributed by atoms with Crippen LogP contribution in [0, 0.1) is 5.82 Å². The van der Waals surface area contributed by atoms with Crippen molar-refractivity contribution in [1.82, 2.24) is 19.3 Å². The van der Waals surface area contributed by atoms with Gasteiger partial charge < -0.3 is 9.15 Å². The van der Waals surface area contributed by atoms with Crippen LogP contribution in [0.2, 0.25) is 0 Å². The average molecular weight is 380 g/mol. The summed E-state index contributed by atoms with van der Waals surface area (Å²) in [6.45, 7) is 0.372. The van der Waals surface area contributed by atoms with Crippen molar-refractivity contribution in [2.24, 2.45) is 0 Å². The monoisotopic (exact) mass is 380 g/mol. The minimum absolute atomic E-state index is 0.00644. The number of halogens is 1. The maximum Gasteiger partial charge on any atom is 0.417 e. The number of benzene rings is 1. The number of hydrogen-bond donors (Lipinski definition) is 1. The van der Waals surface area contributed by atoms with Crippen LogP contribution in [0.4, 0.5) is 4.39 Å². The first-order valence-electron chi connectivity index (χ1n) is 7.69. The van der Waals surface area contributed by atoms with Crippen molar-refractivity contribution in [3.05, 3.63) is 47.0 Å². The molecule has 4 rings (SSSR count). The van der Waals surface area contributed by atoms with Gasteiger partial charge in [-0.15, -0.1) is 0 Å². The van der Waals surface area contributed by atoms with E-state index in [2.05, 4.69) is 15.0 Å². The number of hydrogen-bond acceptors (Lipinski definition) is 7. The van der Waals surface area contributed by atoms with Crippen LogP contribution in [-0.2, 0) is 10.0 Å². The molecule has 0 spiro atoms. The molecule has 1 atom stereocenters. The highest BCUT2D eigenvalue weighted by atomic mass is 32.2. The largest absolute Gasteiger partial charge is 0.459 e. The van der Waals surface area contributed by atoms with Gasteiger partial charge in [0.1, 0.15) is 6.10 Å². The lowest BCUT2D eigenvalue weighted by molar-refractivity contribution is 0.197. The molecule has 3 aromatic rings. The van der Waals surface area contributed by atoms with Crippen molar-refractivity contribution in [3.63, 3.8) is 0 Å². The number of aromatic nitrogens is 3. The number of H-pyrrole nitrogens is 1. The van der Waals surface area contributed by atoms with E-state index in [4.69, 9.17) is 9.15 Å². The molecule has 1 aromatic carbocycles. The number of ether oxygens (including phenoxy) is 1. The lowest BCUT2D eigenvalue weighted by Gasteiger charge is -2.16. The molecule has 0 saturated carbocycles. The summed E-state index contributed by atoms with van der Waals surface area (Å²) in [6, 6.07) is 4.16. The van der Waals surface area contributed by atoms with Gasteiger partial charge in [0, 0.05) is 6.54 Å². The normalized spacial score (nSPS) is 18.4. The molecule has 1 N–H and O–H groups in total. The standard InChI is InChI=1S/C15H13FN4O5S/c16-9-6-17-14(18-7-9)24-10-3-4-20(8-10)26(22,23)11-1-2-13-12(5-11)19-15(21)25-13/h1-2,5-7,10H,3-4,8H2,(H,19,21)/t10-/m1/s1. The number of nitrogens with one attached hydrogen (secondary N) is 1. The Morgan fingerprint density at radius 3 is 2.85 bits per heavy atom. The first kappa shape index (κ1) is 16.7. The second-order valence-electron chi connectivity index (χ2n) is 5.75. The minimum Gasteiger partial charge on any atom is -0.459 e. The third-order valence-corrected chi connectivity index (χ3v) is 5.87. The summed E-state index contributed by atoms with van der Waals surface area (Å²) >= 11 is 0. The molecule has 1 aliphatic heterocycles. The van der Waals surface area contributed by atoms with Gasteiger partial charge in [0.15, 0.2) is 11.4 Å². The SMILES string of the molecule is O=c1[nH]c2cc(S(=O)(=O)N3CC[C@@H](Oc4ncc(F)cn4)C3)ccc2o1. The van der Waals surface area contributed by atoms with Gasteiger partial charge in [0.25, 0.3) is 0 Å². The van der Waals surface area contributed by atoms with Gasteiger partial charge in [-0.1, -0.05) is 0 Å². The summed E-state index contributed by atoms with van der Waals surface area (Å²) in [5, 5.41) is 0. The molecule has 9 nitrogen and oxygen atoms in total. The van der Waals surface area contributed by atoms with E-state index in [1.54, 1.807) is 0 Å². The van der Waals surface area contributed by atoms with Crippen LogP contribution in [0.1, 0.15) is 6.42 Å². The molecule has 3 heterocycles. The minimum atomic E-state index is -3.76. The van der Waals surface area contributed by atoms with Crippen molar-refractivity contribution in [2.75, 3.05) is 13.1 Å². The van der Waals surface area contributed by atoms with Gasteiger partial charge in [-0.3, -0.25) is 4.98 Å². The average Bonchev–Trinajstić information content (AvgIpc) is 3.22. The highest BCUT2D eigenvalue weighted by Crippen LogP contribution is 2.25. The molecule has 1 fully saturated rings. The molecular weight excluding hydrogens is 367 g/mol. The Balaban J connectivity index is 1.52. The Kier molecular flexibility index (Phi) is 3.96. The zero-order valence-corrected chi connectivity index (χ0v) is 14.1. The molecule has 0 aliphatic carbocycles. The van der Waals surface area contributed by atoms with Gasteiger partial charge in [0.2, 0.25) is 10.0 Å². The third-order valence-electron chi connectivity index (χ3n) is 4.00. The van der Waals surface area contributed by atoms with E-state index in [1.165, 1.54) is 22.5 Å². The maximum absolute atomic E-state index is 12.8. The predicted molar refractivity (Wildman–Crippen MR) is 86.6 cm³/mol. The Bertz CT molecular complexity index is 1110. The summed E-state index contributed by atoms with van der Waals surface area (Å²) in [6.07, 6.45) is 1.97. The number of sulfonamides is 1. The van der Waals surface area contributed by atoms with Gasteiger partial charge in [0.05, 0.1) is 29.4 Å².